The van der Waals surface area contributed by atoms with Crippen LogP contribution in [0.2, 0.25) is 0 Å². The first-order valence-electron chi connectivity index (χ1n) is 8.42. The third-order valence-corrected chi connectivity index (χ3v) is 7.42. The number of nitrogens with zero attached hydrogens (tertiary/aromatic N) is 1. The minimum Gasteiger partial charge on any atom is -0.495 e. The number of methoxy groups -OCH3 is 1. The molecule has 1 aliphatic heterocycles. The van der Waals surface area contributed by atoms with Crippen molar-refractivity contribution >= 4 is 33.0 Å². The molecule has 0 aliphatic carbocycles. The van der Waals surface area contributed by atoms with E-state index >= 15 is 0 Å². The van der Waals surface area contributed by atoms with Gasteiger partial charge in [-0.2, -0.15) is 4.31 Å². The van der Waals surface area contributed by atoms with Crippen LogP contribution in [-0.2, 0) is 21.2 Å². The van der Waals surface area contributed by atoms with E-state index < -0.39 is 10.0 Å². The van der Waals surface area contributed by atoms with Gasteiger partial charge in [0.1, 0.15) is 5.75 Å². The van der Waals surface area contributed by atoms with Crippen LogP contribution in [0.5, 0.6) is 5.75 Å². The summed E-state index contributed by atoms with van der Waals surface area (Å²) >= 11 is 1.68. The number of thiophene rings is 1. The summed E-state index contributed by atoms with van der Waals surface area (Å²) in [6, 6.07) is 6.41. The summed E-state index contributed by atoms with van der Waals surface area (Å²) in [5, 5.41) is 4.65. The highest BCUT2D eigenvalue weighted by atomic mass is 32.2. The average molecular weight is 395 g/mol. The van der Waals surface area contributed by atoms with Crippen molar-refractivity contribution < 1.29 is 17.9 Å². The van der Waals surface area contributed by atoms with E-state index in [0.29, 0.717) is 24.4 Å². The molecular formula is C18H22N2O4S2. The Labute approximate surface area is 157 Å². The van der Waals surface area contributed by atoms with Crippen molar-refractivity contribution in [1.29, 1.82) is 0 Å². The van der Waals surface area contributed by atoms with Gasteiger partial charge in [0.15, 0.2) is 0 Å². The van der Waals surface area contributed by atoms with E-state index in [2.05, 4.69) is 5.32 Å². The van der Waals surface area contributed by atoms with Crippen molar-refractivity contribution in [2.24, 2.45) is 0 Å². The fraction of sp³-hybridized carbons (Fsp3) is 0.389. The highest BCUT2D eigenvalue weighted by Gasteiger charge is 2.36. The number of anilines is 1. The van der Waals surface area contributed by atoms with Crippen LogP contribution in [0.1, 0.15) is 36.8 Å². The van der Waals surface area contributed by atoms with Crippen molar-refractivity contribution in [2.75, 3.05) is 19.0 Å². The number of rotatable bonds is 5. The lowest BCUT2D eigenvalue weighted by Crippen LogP contribution is -2.39. The summed E-state index contributed by atoms with van der Waals surface area (Å²) in [7, 11) is -2.22. The lowest BCUT2D eigenvalue weighted by atomic mass is 10.0. The Morgan fingerprint density at radius 3 is 2.81 bits per heavy atom. The molecule has 1 N–H and O–H groups in total. The second kappa shape index (κ2) is 7.38. The normalized spacial score (nSPS) is 17.6. The third-order valence-electron chi connectivity index (χ3n) is 4.52. The zero-order valence-electron chi connectivity index (χ0n) is 15.0. The second-order valence-corrected chi connectivity index (χ2v) is 9.02. The van der Waals surface area contributed by atoms with E-state index in [4.69, 9.17) is 4.74 Å². The molecule has 1 aromatic heterocycles. The molecule has 0 saturated carbocycles. The summed E-state index contributed by atoms with van der Waals surface area (Å²) in [6.45, 7) is 3.82. The largest absolute Gasteiger partial charge is 0.495 e. The van der Waals surface area contributed by atoms with Gasteiger partial charge in [0.05, 0.1) is 23.7 Å². The van der Waals surface area contributed by atoms with E-state index in [1.807, 2.05) is 18.4 Å². The minimum atomic E-state index is -3.70. The number of carbonyl (C=O) groups is 1. The molecule has 26 heavy (non-hydrogen) atoms. The van der Waals surface area contributed by atoms with Crippen molar-refractivity contribution in [1.82, 2.24) is 4.31 Å². The molecule has 2 heterocycles. The topological polar surface area (TPSA) is 75.7 Å². The van der Waals surface area contributed by atoms with Gasteiger partial charge in [-0.25, -0.2) is 8.42 Å². The first-order chi connectivity index (χ1) is 12.4. The van der Waals surface area contributed by atoms with Crippen molar-refractivity contribution in [3.63, 3.8) is 0 Å². The first-order valence-corrected chi connectivity index (χ1v) is 10.7. The highest BCUT2D eigenvalue weighted by Crippen LogP contribution is 2.39. The number of hydrogen-bond donors (Lipinski definition) is 1. The zero-order chi connectivity index (χ0) is 18.9. The lowest BCUT2D eigenvalue weighted by Gasteiger charge is -2.34. The Morgan fingerprint density at radius 1 is 1.38 bits per heavy atom. The molecule has 1 atom stereocenters. The van der Waals surface area contributed by atoms with Crippen LogP contribution in [0.3, 0.4) is 0 Å². The number of benzene rings is 1. The predicted octanol–water partition coefficient (Wildman–Crippen LogP) is 3.41. The highest BCUT2D eigenvalue weighted by molar-refractivity contribution is 7.89. The molecule has 0 radical (unpaired) electrons. The summed E-state index contributed by atoms with van der Waals surface area (Å²) in [5.74, 6) is 0.134. The smallest absolute Gasteiger partial charge is 0.243 e. The minimum absolute atomic E-state index is 0.152. The van der Waals surface area contributed by atoms with Crippen LogP contribution in [0, 0.1) is 0 Å². The number of fused-ring (bicyclic) bond motifs is 1. The SMILES string of the molecule is CCC1c2ccsc2CCN1S(=O)(=O)c1ccc(OC)c(NC(C)=O)c1. The molecule has 0 bridgehead atoms. The molecule has 1 amide bonds. The number of amides is 1. The van der Waals surface area contributed by atoms with Crippen LogP contribution >= 0.6 is 11.3 Å². The van der Waals surface area contributed by atoms with E-state index in [1.54, 1.807) is 21.7 Å². The van der Waals surface area contributed by atoms with Crippen LogP contribution in [0.4, 0.5) is 5.69 Å². The maximum atomic E-state index is 13.3. The van der Waals surface area contributed by atoms with Crippen molar-refractivity contribution in [3.8, 4) is 5.75 Å². The Hall–Kier alpha value is -1.90. The number of carbonyl (C=O) groups excluding carboxylic acids is 1. The number of sulfonamides is 1. The molecule has 1 aromatic carbocycles. The standard InChI is InChI=1S/C18H22N2O4S2/c1-4-16-14-8-10-25-18(14)7-9-20(16)26(22,23)13-5-6-17(24-3)15(11-13)19-12(2)21/h5-6,8,10-11,16H,4,7,9H2,1-3H3,(H,19,21). The van der Waals surface area contributed by atoms with E-state index in [0.717, 1.165) is 12.0 Å². The molecule has 140 valence electrons. The Kier molecular flexibility index (Phi) is 5.36. The molecule has 2 aromatic rings. The summed E-state index contributed by atoms with van der Waals surface area (Å²) < 4.78 is 33.4. The molecule has 0 spiro atoms. The summed E-state index contributed by atoms with van der Waals surface area (Å²) in [4.78, 5) is 12.8. The van der Waals surface area contributed by atoms with Crippen LogP contribution < -0.4 is 10.1 Å². The fourth-order valence-corrected chi connectivity index (χ4v) is 5.99. The van der Waals surface area contributed by atoms with Gasteiger partial charge in [0, 0.05) is 18.3 Å². The molecule has 3 rings (SSSR count). The fourth-order valence-electron chi connectivity index (χ4n) is 3.35. The summed E-state index contributed by atoms with van der Waals surface area (Å²) in [6.07, 6.45) is 1.43. The Morgan fingerprint density at radius 2 is 2.15 bits per heavy atom. The van der Waals surface area contributed by atoms with E-state index in [1.165, 1.54) is 31.0 Å². The van der Waals surface area contributed by atoms with Gasteiger partial charge in [0.2, 0.25) is 15.9 Å². The lowest BCUT2D eigenvalue weighted by molar-refractivity contribution is -0.114. The quantitative estimate of drug-likeness (QED) is 0.843. The first kappa shape index (κ1) is 18.9. The average Bonchev–Trinajstić information content (AvgIpc) is 3.09. The van der Waals surface area contributed by atoms with Crippen LogP contribution in [0.15, 0.2) is 34.5 Å². The third kappa shape index (κ3) is 3.36. The van der Waals surface area contributed by atoms with Crippen molar-refractivity contribution in [3.05, 3.63) is 40.1 Å². The van der Waals surface area contributed by atoms with Crippen LogP contribution in [0.25, 0.3) is 0 Å². The van der Waals surface area contributed by atoms with Gasteiger partial charge in [0.25, 0.3) is 0 Å². The molecule has 6 nitrogen and oxygen atoms in total. The number of nitrogens with one attached hydrogen (secondary N) is 1. The van der Waals surface area contributed by atoms with Gasteiger partial charge in [-0.3, -0.25) is 4.79 Å². The van der Waals surface area contributed by atoms with E-state index in [9.17, 15) is 13.2 Å². The molecular weight excluding hydrogens is 372 g/mol. The second-order valence-electron chi connectivity index (χ2n) is 6.13. The van der Waals surface area contributed by atoms with Crippen molar-refractivity contribution in [2.45, 2.75) is 37.6 Å². The Bertz CT molecular complexity index is 921. The van der Waals surface area contributed by atoms with Gasteiger partial charge in [-0.05, 0) is 48.1 Å². The number of ether oxygens (including phenoxy) is 1. The van der Waals surface area contributed by atoms with Crippen LogP contribution in [-0.4, -0.2) is 32.3 Å². The molecule has 1 aliphatic rings. The van der Waals surface area contributed by atoms with Gasteiger partial charge < -0.3 is 10.1 Å². The molecule has 0 fully saturated rings. The predicted molar refractivity (Wildman–Crippen MR) is 102 cm³/mol. The zero-order valence-corrected chi connectivity index (χ0v) is 16.6. The van der Waals surface area contributed by atoms with E-state index in [-0.39, 0.29) is 16.8 Å². The summed E-state index contributed by atoms with van der Waals surface area (Å²) in [5.41, 5.74) is 1.45. The maximum Gasteiger partial charge on any atom is 0.243 e. The number of hydrogen-bond acceptors (Lipinski definition) is 5. The van der Waals surface area contributed by atoms with Gasteiger partial charge in [-0.15, -0.1) is 11.3 Å². The van der Waals surface area contributed by atoms with Gasteiger partial charge in [-0.1, -0.05) is 6.92 Å². The molecule has 8 heteroatoms. The monoisotopic (exact) mass is 394 g/mol. The van der Waals surface area contributed by atoms with Gasteiger partial charge >= 0.3 is 0 Å². The molecule has 1 unspecified atom stereocenters. The Balaban J connectivity index is 2.01. The molecule has 0 saturated heterocycles. The maximum absolute atomic E-state index is 13.3.